The Balaban J connectivity index is 1.53. The van der Waals surface area contributed by atoms with E-state index in [0.29, 0.717) is 11.1 Å². The van der Waals surface area contributed by atoms with E-state index in [1.165, 1.54) is 17.5 Å². The molecule has 0 atom stereocenters. The van der Waals surface area contributed by atoms with Gasteiger partial charge in [-0.1, -0.05) is 60.7 Å². The molecule has 0 heterocycles. The highest BCUT2D eigenvalue weighted by molar-refractivity contribution is 5.95. The first-order valence-electron chi connectivity index (χ1n) is 11.4. The maximum Gasteiger partial charge on any atom is 0.251 e. The van der Waals surface area contributed by atoms with Crippen LogP contribution in [0.5, 0.6) is 5.75 Å². The number of aryl methyl sites for hydroxylation is 2. The average Bonchev–Trinajstić information content (AvgIpc) is 2.80. The molecular weight excluding hydrogens is 420 g/mol. The predicted octanol–water partition coefficient (Wildman–Crippen LogP) is 6.75. The fourth-order valence-electron chi connectivity index (χ4n) is 4.73. The third-order valence-corrected chi connectivity index (χ3v) is 6.31. The van der Waals surface area contributed by atoms with Gasteiger partial charge in [-0.15, -0.1) is 0 Å². The second-order valence-electron chi connectivity index (χ2n) is 9.04. The molecule has 0 unspecified atom stereocenters. The normalized spacial score (nSPS) is 15.2. The van der Waals surface area contributed by atoms with E-state index in [1.54, 1.807) is 24.3 Å². The molecule has 0 aromatic heterocycles. The van der Waals surface area contributed by atoms with Gasteiger partial charge in [0.25, 0.3) is 5.91 Å². The summed E-state index contributed by atoms with van der Waals surface area (Å²) in [5, 5.41) is 3.35. The first kappa shape index (κ1) is 23.0. The van der Waals surface area contributed by atoms with Gasteiger partial charge in [0.2, 0.25) is 0 Å². The van der Waals surface area contributed by atoms with E-state index in [4.69, 9.17) is 4.74 Å². The first-order valence-corrected chi connectivity index (χ1v) is 11.4. The van der Waals surface area contributed by atoms with Crippen LogP contribution >= 0.6 is 0 Å². The monoisotopic (exact) mass is 449 g/mol. The van der Waals surface area contributed by atoms with Gasteiger partial charge in [0.05, 0.1) is 5.54 Å². The lowest BCUT2D eigenvalue weighted by atomic mass is 9.75. The Bertz CT molecular complexity index is 1130. The lowest BCUT2D eigenvalue weighted by molar-refractivity contribution is 0.0866. The number of nitrogens with one attached hydrogen (secondary N) is 1. The fourth-order valence-corrected chi connectivity index (χ4v) is 4.73. The Morgan fingerprint density at radius 1 is 0.939 bits per heavy atom. The summed E-state index contributed by atoms with van der Waals surface area (Å²) < 4.78 is 32.7. The van der Waals surface area contributed by atoms with E-state index < -0.39 is 11.6 Å². The van der Waals surface area contributed by atoms with Crippen LogP contribution in [-0.2, 0) is 12.1 Å². The lowest BCUT2D eigenvalue weighted by Gasteiger charge is -2.39. The third kappa shape index (κ3) is 5.41. The SMILES string of the molecule is Cc1cc(C)cc(C2(NC(=O)c3cccc(COc4cc(F)ccc4F)c3)CCCCC2)c1. The first-order chi connectivity index (χ1) is 15.8. The van der Waals surface area contributed by atoms with E-state index in [2.05, 4.69) is 37.4 Å². The minimum atomic E-state index is -0.627. The van der Waals surface area contributed by atoms with Crippen LogP contribution in [0.3, 0.4) is 0 Å². The van der Waals surface area contributed by atoms with Gasteiger partial charge in [0, 0.05) is 11.6 Å². The number of ether oxygens (including phenoxy) is 1. The summed E-state index contributed by atoms with van der Waals surface area (Å²) in [6.07, 6.45) is 5.12. The maximum atomic E-state index is 13.8. The molecule has 3 aromatic carbocycles. The van der Waals surface area contributed by atoms with Crippen molar-refractivity contribution in [3.63, 3.8) is 0 Å². The summed E-state index contributed by atoms with van der Waals surface area (Å²) in [5.74, 6) is -1.49. The van der Waals surface area contributed by atoms with Gasteiger partial charge < -0.3 is 10.1 Å². The molecule has 4 rings (SSSR count). The number of carbonyl (C=O) groups excluding carboxylic acids is 1. The molecule has 1 N–H and O–H groups in total. The van der Waals surface area contributed by atoms with Crippen molar-refractivity contribution < 1.29 is 18.3 Å². The van der Waals surface area contributed by atoms with Gasteiger partial charge in [-0.05, 0) is 62.1 Å². The van der Waals surface area contributed by atoms with Gasteiger partial charge in [-0.25, -0.2) is 8.78 Å². The molecular formula is C28H29F2NO2. The van der Waals surface area contributed by atoms with Crippen molar-refractivity contribution in [1.29, 1.82) is 0 Å². The molecule has 3 nitrogen and oxygen atoms in total. The van der Waals surface area contributed by atoms with Crippen LogP contribution < -0.4 is 10.1 Å². The molecule has 5 heteroatoms. The van der Waals surface area contributed by atoms with Crippen molar-refractivity contribution in [2.45, 2.75) is 58.1 Å². The Hall–Kier alpha value is -3.21. The Kier molecular flexibility index (Phi) is 6.77. The van der Waals surface area contributed by atoms with E-state index in [-0.39, 0.29) is 23.8 Å². The number of carbonyl (C=O) groups is 1. The van der Waals surface area contributed by atoms with E-state index in [1.807, 2.05) is 0 Å². The van der Waals surface area contributed by atoms with Crippen LogP contribution in [0.15, 0.2) is 60.7 Å². The van der Waals surface area contributed by atoms with Gasteiger partial charge in [-0.2, -0.15) is 0 Å². The molecule has 0 saturated heterocycles. The number of amides is 1. The highest BCUT2D eigenvalue weighted by atomic mass is 19.1. The summed E-state index contributed by atoms with van der Waals surface area (Å²) in [7, 11) is 0. The zero-order valence-electron chi connectivity index (χ0n) is 19.1. The van der Waals surface area contributed by atoms with Crippen LogP contribution in [0, 0.1) is 25.5 Å². The molecule has 1 aliphatic carbocycles. The lowest BCUT2D eigenvalue weighted by Crippen LogP contribution is -2.47. The Morgan fingerprint density at radius 2 is 1.67 bits per heavy atom. The summed E-state index contributed by atoms with van der Waals surface area (Å²) >= 11 is 0. The van der Waals surface area contributed by atoms with Gasteiger partial charge in [0.15, 0.2) is 11.6 Å². The zero-order valence-corrected chi connectivity index (χ0v) is 19.1. The summed E-state index contributed by atoms with van der Waals surface area (Å²) in [6.45, 7) is 4.20. The Morgan fingerprint density at radius 3 is 2.39 bits per heavy atom. The molecule has 172 valence electrons. The molecule has 0 spiro atoms. The van der Waals surface area contributed by atoms with Gasteiger partial charge in [0.1, 0.15) is 12.4 Å². The second-order valence-corrected chi connectivity index (χ2v) is 9.04. The minimum absolute atomic E-state index is 0.0315. The second kappa shape index (κ2) is 9.74. The summed E-state index contributed by atoms with van der Waals surface area (Å²) in [4.78, 5) is 13.3. The van der Waals surface area contributed by atoms with Crippen molar-refractivity contribution in [2.24, 2.45) is 0 Å². The van der Waals surface area contributed by atoms with Crippen molar-refractivity contribution in [1.82, 2.24) is 5.32 Å². The molecule has 1 fully saturated rings. The predicted molar refractivity (Wildman–Crippen MR) is 125 cm³/mol. The third-order valence-electron chi connectivity index (χ3n) is 6.31. The quantitative estimate of drug-likeness (QED) is 0.452. The van der Waals surface area contributed by atoms with Crippen LogP contribution in [0.2, 0.25) is 0 Å². The standard InChI is InChI=1S/C28H29F2NO2/c1-19-13-20(2)15-23(14-19)28(11-4-3-5-12-28)31-27(32)22-8-6-7-21(16-22)18-33-26-17-24(29)9-10-25(26)30/h6-10,13-17H,3-5,11-12,18H2,1-2H3,(H,31,32). The van der Waals surface area contributed by atoms with Crippen molar-refractivity contribution in [3.05, 3.63) is 100 Å². The number of halogens is 2. The van der Waals surface area contributed by atoms with Crippen LogP contribution in [-0.4, -0.2) is 5.91 Å². The van der Waals surface area contributed by atoms with E-state index in [0.717, 1.165) is 49.4 Å². The molecule has 1 aliphatic rings. The Labute approximate surface area is 193 Å². The molecule has 1 amide bonds. The molecule has 1 saturated carbocycles. The van der Waals surface area contributed by atoms with Crippen LogP contribution in [0.25, 0.3) is 0 Å². The number of hydrogen-bond acceptors (Lipinski definition) is 2. The molecule has 33 heavy (non-hydrogen) atoms. The van der Waals surface area contributed by atoms with E-state index >= 15 is 0 Å². The topological polar surface area (TPSA) is 38.3 Å². The summed E-state index contributed by atoms with van der Waals surface area (Å²) in [5.41, 5.74) is 4.37. The smallest absolute Gasteiger partial charge is 0.251 e. The average molecular weight is 450 g/mol. The van der Waals surface area contributed by atoms with Gasteiger partial charge in [-0.3, -0.25) is 4.79 Å². The highest BCUT2D eigenvalue weighted by Crippen LogP contribution is 2.38. The molecule has 0 radical (unpaired) electrons. The van der Waals surface area contributed by atoms with E-state index in [9.17, 15) is 13.6 Å². The number of hydrogen-bond donors (Lipinski definition) is 1. The largest absolute Gasteiger partial charge is 0.486 e. The highest BCUT2D eigenvalue weighted by Gasteiger charge is 2.36. The molecule has 0 bridgehead atoms. The number of rotatable bonds is 6. The van der Waals surface area contributed by atoms with Gasteiger partial charge >= 0.3 is 0 Å². The van der Waals surface area contributed by atoms with Crippen molar-refractivity contribution in [3.8, 4) is 5.75 Å². The number of benzene rings is 3. The zero-order chi connectivity index (χ0) is 23.4. The summed E-state index contributed by atoms with van der Waals surface area (Å²) in [6, 6.07) is 16.7. The van der Waals surface area contributed by atoms with Crippen molar-refractivity contribution >= 4 is 5.91 Å². The fraction of sp³-hybridized carbons (Fsp3) is 0.321. The molecule has 0 aliphatic heterocycles. The van der Waals surface area contributed by atoms with Crippen LogP contribution in [0.4, 0.5) is 8.78 Å². The van der Waals surface area contributed by atoms with Crippen LogP contribution in [0.1, 0.15) is 64.7 Å². The molecule has 3 aromatic rings. The minimum Gasteiger partial charge on any atom is -0.486 e. The van der Waals surface area contributed by atoms with Crippen molar-refractivity contribution in [2.75, 3.05) is 0 Å². The maximum absolute atomic E-state index is 13.8.